The molecule has 0 aliphatic rings. The third-order valence-corrected chi connectivity index (χ3v) is 2.73. The molecule has 2 rings (SSSR count). The van der Waals surface area contributed by atoms with Crippen LogP contribution >= 0.6 is 0 Å². The predicted octanol–water partition coefficient (Wildman–Crippen LogP) is 1.06. The normalized spacial score (nSPS) is 10.3. The van der Waals surface area contributed by atoms with E-state index in [-0.39, 0.29) is 5.91 Å². The SMILES string of the molecule is Cn1ccnc1CNC(=O)CCc1cccnc1. The van der Waals surface area contributed by atoms with E-state index in [9.17, 15) is 4.79 Å². The molecular weight excluding hydrogens is 228 g/mol. The van der Waals surface area contributed by atoms with E-state index in [1.807, 2.05) is 29.9 Å². The summed E-state index contributed by atoms with van der Waals surface area (Å²) < 4.78 is 1.89. The van der Waals surface area contributed by atoms with Gasteiger partial charge in [0.15, 0.2) is 0 Å². The fourth-order valence-electron chi connectivity index (χ4n) is 1.64. The second-order valence-corrected chi connectivity index (χ2v) is 4.09. The minimum absolute atomic E-state index is 0.0295. The first kappa shape index (κ1) is 12.3. The van der Waals surface area contributed by atoms with Crippen LogP contribution in [0.1, 0.15) is 17.8 Å². The third-order valence-electron chi connectivity index (χ3n) is 2.73. The van der Waals surface area contributed by atoms with Crippen LogP contribution < -0.4 is 5.32 Å². The molecule has 2 aromatic heterocycles. The minimum atomic E-state index is 0.0295. The fraction of sp³-hybridized carbons (Fsp3) is 0.308. The Morgan fingerprint density at radius 2 is 2.33 bits per heavy atom. The molecule has 2 heterocycles. The number of pyridine rings is 1. The Bertz CT molecular complexity index is 507. The maximum Gasteiger partial charge on any atom is 0.220 e. The zero-order valence-corrected chi connectivity index (χ0v) is 10.3. The van der Waals surface area contributed by atoms with Gasteiger partial charge < -0.3 is 9.88 Å². The van der Waals surface area contributed by atoms with Crippen molar-refractivity contribution in [1.82, 2.24) is 19.9 Å². The molecule has 0 aromatic carbocycles. The molecular formula is C13H16N4O. The first-order chi connectivity index (χ1) is 8.75. The number of carbonyl (C=O) groups is 1. The maximum absolute atomic E-state index is 11.7. The first-order valence-corrected chi connectivity index (χ1v) is 5.87. The number of hydrogen-bond donors (Lipinski definition) is 1. The molecule has 2 aromatic rings. The number of aryl methyl sites for hydroxylation is 2. The van der Waals surface area contributed by atoms with Crippen LogP contribution in [0.4, 0.5) is 0 Å². The summed E-state index contributed by atoms with van der Waals surface area (Å²) in [5.74, 6) is 0.881. The summed E-state index contributed by atoms with van der Waals surface area (Å²) in [5, 5.41) is 2.85. The number of nitrogens with zero attached hydrogens (tertiary/aromatic N) is 3. The topological polar surface area (TPSA) is 59.8 Å². The lowest BCUT2D eigenvalue weighted by molar-refractivity contribution is -0.121. The second kappa shape index (κ2) is 5.95. The molecule has 0 aliphatic carbocycles. The van der Waals surface area contributed by atoms with Crippen molar-refractivity contribution in [2.75, 3.05) is 0 Å². The Labute approximate surface area is 106 Å². The average molecular weight is 244 g/mol. The maximum atomic E-state index is 11.7. The van der Waals surface area contributed by atoms with Gasteiger partial charge in [0.25, 0.3) is 0 Å². The van der Waals surface area contributed by atoms with Crippen LogP contribution in [0.2, 0.25) is 0 Å². The van der Waals surface area contributed by atoms with Gasteiger partial charge in [-0.1, -0.05) is 6.07 Å². The number of nitrogens with one attached hydrogen (secondary N) is 1. The fourth-order valence-corrected chi connectivity index (χ4v) is 1.64. The second-order valence-electron chi connectivity index (χ2n) is 4.09. The predicted molar refractivity (Wildman–Crippen MR) is 67.6 cm³/mol. The average Bonchev–Trinajstić information content (AvgIpc) is 2.81. The molecule has 0 saturated carbocycles. The monoisotopic (exact) mass is 244 g/mol. The van der Waals surface area contributed by atoms with Crippen molar-refractivity contribution in [3.8, 4) is 0 Å². The zero-order valence-electron chi connectivity index (χ0n) is 10.3. The molecule has 0 atom stereocenters. The molecule has 5 heteroatoms. The van der Waals surface area contributed by atoms with Gasteiger partial charge in [-0.2, -0.15) is 0 Å². The van der Waals surface area contributed by atoms with Gasteiger partial charge in [-0.3, -0.25) is 9.78 Å². The summed E-state index contributed by atoms with van der Waals surface area (Å²) in [4.78, 5) is 19.8. The van der Waals surface area contributed by atoms with E-state index in [1.54, 1.807) is 18.6 Å². The lowest BCUT2D eigenvalue weighted by atomic mass is 10.1. The number of aromatic nitrogens is 3. The highest BCUT2D eigenvalue weighted by Gasteiger charge is 2.04. The molecule has 1 N–H and O–H groups in total. The lowest BCUT2D eigenvalue weighted by Gasteiger charge is -2.05. The summed E-state index contributed by atoms with van der Waals surface area (Å²) in [6, 6.07) is 3.85. The minimum Gasteiger partial charge on any atom is -0.349 e. The number of rotatable bonds is 5. The molecule has 0 radical (unpaired) electrons. The van der Waals surface area contributed by atoms with Crippen molar-refractivity contribution in [3.05, 3.63) is 48.3 Å². The van der Waals surface area contributed by atoms with E-state index in [4.69, 9.17) is 0 Å². The highest BCUT2D eigenvalue weighted by Crippen LogP contribution is 2.00. The molecule has 94 valence electrons. The molecule has 0 fully saturated rings. The van der Waals surface area contributed by atoms with Gasteiger partial charge in [0.2, 0.25) is 5.91 Å². The van der Waals surface area contributed by atoms with Crippen LogP contribution in [0.15, 0.2) is 36.9 Å². The lowest BCUT2D eigenvalue weighted by Crippen LogP contribution is -2.24. The quantitative estimate of drug-likeness (QED) is 0.855. The molecule has 0 bridgehead atoms. The molecule has 0 aliphatic heterocycles. The van der Waals surface area contributed by atoms with Crippen LogP contribution in [0, 0.1) is 0 Å². The van der Waals surface area contributed by atoms with Crippen molar-refractivity contribution in [2.24, 2.45) is 7.05 Å². The van der Waals surface area contributed by atoms with Crippen molar-refractivity contribution in [1.29, 1.82) is 0 Å². The van der Waals surface area contributed by atoms with Crippen LogP contribution in [-0.4, -0.2) is 20.4 Å². The Morgan fingerprint density at radius 3 is 3.00 bits per heavy atom. The molecule has 0 spiro atoms. The Morgan fingerprint density at radius 1 is 1.44 bits per heavy atom. The van der Waals surface area contributed by atoms with E-state index in [0.29, 0.717) is 19.4 Å². The van der Waals surface area contributed by atoms with Gasteiger partial charge in [0.1, 0.15) is 5.82 Å². The third kappa shape index (κ3) is 3.41. The zero-order chi connectivity index (χ0) is 12.8. The molecule has 1 amide bonds. The molecule has 0 saturated heterocycles. The van der Waals surface area contributed by atoms with E-state index in [2.05, 4.69) is 15.3 Å². The summed E-state index contributed by atoms with van der Waals surface area (Å²) in [5.41, 5.74) is 1.07. The largest absolute Gasteiger partial charge is 0.349 e. The first-order valence-electron chi connectivity index (χ1n) is 5.87. The van der Waals surface area contributed by atoms with Gasteiger partial charge in [0, 0.05) is 38.3 Å². The van der Waals surface area contributed by atoms with Crippen LogP contribution in [-0.2, 0) is 24.8 Å². The highest BCUT2D eigenvalue weighted by molar-refractivity contribution is 5.76. The Balaban J connectivity index is 1.75. The number of hydrogen-bond acceptors (Lipinski definition) is 3. The standard InChI is InChI=1S/C13H16N4O/c1-17-8-7-15-12(17)10-16-13(18)5-4-11-3-2-6-14-9-11/h2-3,6-9H,4-5,10H2,1H3,(H,16,18). The number of amides is 1. The smallest absolute Gasteiger partial charge is 0.220 e. The number of imidazole rings is 1. The van der Waals surface area contributed by atoms with Crippen LogP contribution in [0.3, 0.4) is 0 Å². The number of carbonyl (C=O) groups excluding carboxylic acids is 1. The Kier molecular flexibility index (Phi) is 4.06. The molecule has 0 unspecified atom stereocenters. The van der Waals surface area contributed by atoms with E-state index < -0.39 is 0 Å². The molecule has 5 nitrogen and oxygen atoms in total. The van der Waals surface area contributed by atoms with Crippen molar-refractivity contribution in [2.45, 2.75) is 19.4 Å². The van der Waals surface area contributed by atoms with E-state index in [1.165, 1.54) is 0 Å². The van der Waals surface area contributed by atoms with Gasteiger partial charge in [0.05, 0.1) is 6.54 Å². The molecule has 18 heavy (non-hydrogen) atoms. The van der Waals surface area contributed by atoms with Gasteiger partial charge in [-0.25, -0.2) is 4.98 Å². The van der Waals surface area contributed by atoms with Crippen molar-refractivity contribution >= 4 is 5.91 Å². The highest BCUT2D eigenvalue weighted by atomic mass is 16.1. The van der Waals surface area contributed by atoms with E-state index in [0.717, 1.165) is 11.4 Å². The van der Waals surface area contributed by atoms with Crippen LogP contribution in [0.25, 0.3) is 0 Å². The van der Waals surface area contributed by atoms with E-state index >= 15 is 0 Å². The van der Waals surface area contributed by atoms with Crippen LogP contribution in [0.5, 0.6) is 0 Å². The van der Waals surface area contributed by atoms with Gasteiger partial charge >= 0.3 is 0 Å². The van der Waals surface area contributed by atoms with Crippen molar-refractivity contribution < 1.29 is 4.79 Å². The Hall–Kier alpha value is -2.17. The summed E-state index contributed by atoms with van der Waals surface area (Å²) in [6.45, 7) is 0.468. The summed E-state index contributed by atoms with van der Waals surface area (Å²) in [7, 11) is 1.91. The van der Waals surface area contributed by atoms with Gasteiger partial charge in [-0.05, 0) is 18.1 Å². The van der Waals surface area contributed by atoms with Crippen molar-refractivity contribution in [3.63, 3.8) is 0 Å². The summed E-state index contributed by atoms with van der Waals surface area (Å²) in [6.07, 6.45) is 8.27. The summed E-state index contributed by atoms with van der Waals surface area (Å²) >= 11 is 0. The van der Waals surface area contributed by atoms with Gasteiger partial charge in [-0.15, -0.1) is 0 Å².